The first-order valence-corrected chi connectivity index (χ1v) is 11.6. The van der Waals surface area contributed by atoms with Crippen molar-refractivity contribution in [3.8, 4) is 5.75 Å². The average Bonchev–Trinajstić information content (AvgIpc) is 3.58. The Kier molecular flexibility index (Phi) is 6.28. The van der Waals surface area contributed by atoms with E-state index in [1.165, 1.54) is 12.8 Å². The molecule has 0 unspecified atom stereocenters. The Labute approximate surface area is 192 Å². The number of rotatable bonds is 8. The van der Waals surface area contributed by atoms with Gasteiger partial charge in [0.15, 0.2) is 0 Å². The predicted octanol–water partition coefficient (Wildman–Crippen LogP) is 2.17. The van der Waals surface area contributed by atoms with Crippen LogP contribution < -0.4 is 15.4 Å². The molecular formula is C25H29N3O5. The molecule has 2 aliphatic heterocycles. The molecule has 2 amide bonds. The van der Waals surface area contributed by atoms with Gasteiger partial charge in [0.2, 0.25) is 11.8 Å². The van der Waals surface area contributed by atoms with Gasteiger partial charge in [-0.25, -0.2) is 0 Å². The second-order valence-electron chi connectivity index (χ2n) is 9.19. The van der Waals surface area contributed by atoms with Crippen LogP contribution in [-0.2, 0) is 20.7 Å². The lowest BCUT2D eigenvalue weighted by atomic mass is 9.84. The summed E-state index contributed by atoms with van der Waals surface area (Å²) >= 11 is 0. The highest BCUT2D eigenvalue weighted by Gasteiger charge is 2.46. The number of carbonyl (C=O) groups excluding carboxylic acids is 2. The Hall–Kier alpha value is -2.97. The van der Waals surface area contributed by atoms with Crippen molar-refractivity contribution in [3.05, 3.63) is 53.9 Å². The van der Waals surface area contributed by atoms with Gasteiger partial charge in [0.05, 0.1) is 25.6 Å². The molecule has 4 atom stereocenters. The normalized spacial score (nSPS) is 25.5. The standard InChI is InChI=1S/C25H29N3O5/c29-14-22-25-20(11-18(32-22)12-23(30)27-13-16-1-2-16)19-10-17(3-4-21(19)33-25)28-24(31)9-15-5-7-26-8-6-15/h3-8,10,16,18,20,22,25,29H,1-2,9,11-14H2,(H,27,30)(H,28,31)/t18-,20+,22+,25-/m0/s1. The van der Waals surface area contributed by atoms with E-state index < -0.39 is 6.10 Å². The molecular weight excluding hydrogens is 422 g/mol. The smallest absolute Gasteiger partial charge is 0.228 e. The highest BCUT2D eigenvalue weighted by atomic mass is 16.6. The molecule has 3 N–H and O–H groups in total. The SMILES string of the molecule is O=C(C[C@@H]1C[C@@H]2c3cc(NC(=O)Cc4ccncc4)ccc3O[C@@H]2[C@@H](CO)O1)NCC1CC1. The number of aliphatic hydroxyl groups is 1. The Morgan fingerprint density at radius 2 is 1.94 bits per heavy atom. The van der Waals surface area contributed by atoms with Crippen molar-refractivity contribution in [1.29, 1.82) is 0 Å². The van der Waals surface area contributed by atoms with E-state index in [0.29, 0.717) is 18.0 Å². The van der Waals surface area contributed by atoms with Gasteiger partial charge in [0.25, 0.3) is 0 Å². The van der Waals surface area contributed by atoms with Crippen LogP contribution in [0.4, 0.5) is 5.69 Å². The summed E-state index contributed by atoms with van der Waals surface area (Å²) in [5.41, 5.74) is 2.57. The van der Waals surface area contributed by atoms with Gasteiger partial charge in [0, 0.05) is 36.1 Å². The number of benzene rings is 1. The molecule has 5 rings (SSSR count). The van der Waals surface area contributed by atoms with Crippen LogP contribution in [-0.4, -0.2) is 53.4 Å². The van der Waals surface area contributed by atoms with Gasteiger partial charge in [-0.15, -0.1) is 0 Å². The van der Waals surface area contributed by atoms with Gasteiger partial charge in [-0.2, -0.15) is 0 Å². The summed E-state index contributed by atoms with van der Waals surface area (Å²) in [7, 11) is 0. The number of amides is 2. The number of ether oxygens (including phenoxy) is 2. The number of fused-ring (bicyclic) bond motifs is 3. The van der Waals surface area contributed by atoms with Crippen molar-refractivity contribution in [2.45, 2.75) is 56.3 Å². The molecule has 3 heterocycles. The van der Waals surface area contributed by atoms with E-state index in [-0.39, 0.29) is 49.4 Å². The van der Waals surface area contributed by atoms with Gasteiger partial charge >= 0.3 is 0 Å². The topological polar surface area (TPSA) is 110 Å². The fraction of sp³-hybridized carbons (Fsp3) is 0.480. The van der Waals surface area contributed by atoms with Crippen LogP contribution in [0.2, 0.25) is 0 Å². The number of aliphatic hydroxyl groups excluding tert-OH is 1. The Bertz CT molecular complexity index is 1010. The van der Waals surface area contributed by atoms with Crippen LogP contribution in [0.1, 0.15) is 42.7 Å². The first-order chi connectivity index (χ1) is 16.1. The Morgan fingerprint density at radius 1 is 1.12 bits per heavy atom. The minimum Gasteiger partial charge on any atom is -0.487 e. The monoisotopic (exact) mass is 451 g/mol. The second-order valence-corrected chi connectivity index (χ2v) is 9.19. The lowest BCUT2D eigenvalue weighted by molar-refractivity contribution is -0.142. The molecule has 0 spiro atoms. The third-order valence-electron chi connectivity index (χ3n) is 6.60. The molecule has 8 heteroatoms. The van der Waals surface area contributed by atoms with Gasteiger partial charge < -0.3 is 25.2 Å². The molecule has 0 radical (unpaired) electrons. The summed E-state index contributed by atoms with van der Waals surface area (Å²) in [6.07, 6.45) is 5.77. The third-order valence-corrected chi connectivity index (χ3v) is 6.60. The van der Waals surface area contributed by atoms with E-state index in [0.717, 1.165) is 23.4 Å². The van der Waals surface area contributed by atoms with E-state index >= 15 is 0 Å². The van der Waals surface area contributed by atoms with Crippen molar-refractivity contribution in [3.63, 3.8) is 0 Å². The van der Waals surface area contributed by atoms with Gasteiger partial charge in [-0.1, -0.05) is 0 Å². The molecule has 8 nitrogen and oxygen atoms in total. The molecule has 1 aliphatic carbocycles. The summed E-state index contributed by atoms with van der Waals surface area (Å²) in [5, 5.41) is 15.8. The average molecular weight is 452 g/mol. The zero-order valence-corrected chi connectivity index (χ0v) is 18.4. The van der Waals surface area contributed by atoms with Crippen molar-refractivity contribution in [1.82, 2.24) is 10.3 Å². The summed E-state index contributed by atoms with van der Waals surface area (Å²) < 4.78 is 12.1. The molecule has 0 bridgehead atoms. The van der Waals surface area contributed by atoms with Crippen LogP contribution in [0, 0.1) is 5.92 Å². The summed E-state index contributed by atoms with van der Waals surface area (Å²) in [5.74, 6) is 1.22. The largest absolute Gasteiger partial charge is 0.487 e. The third kappa shape index (κ3) is 5.17. The van der Waals surface area contributed by atoms with Crippen molar-refractivity contribution in [2.24, 2.45) is 5.92 Å². The predicted molar refractivity (Wildman–Crippen MR) is 121 cm³/mol. The molecule has 174 valence electrons. The number of aromatic nitrogens is 1. The lowest BCUT2D eigenvalue weighted by Crippen LogP contribution is -2.47. The highest BCUT2D eigenvalue weighted by molar-refractivity contribution is 5.92. The fourth-order valence-corrected chi connectivity index (χ4v) is 4.72. The van der Waals surface area contributed by atoms with E-state index in [1.54, 1.807) is 12.4 Å². The maximum atomic E-state index is 12.5. The number of pyridine rings is 1. The van der Waals surface area contributed by atoms with Crippen LogP contribution in [0.15, 0.2) is 42.7 Å². The molecule has 33 heavy (non-hydrogen) atoms. The fourth-order valence-electron chi connectivity index (χ4n) is 4.72. The zero-order valence-electron chi connectivity index (χ0n) is 18.4. The van der Waals surface area contributed by atoms with Gasteiger partial charge in [-0.05, 0) is 61.1 Å². The molecule has 3 aliphatic rings. The number of anilines is 1. The Morgan fingerprint density at radius 3 is 2.70 bits per heavy atom. The van der Waals surface area contributed by atoms with Crippen molar-refractivity contribution < 1.29 is 24.2 Å². The van der Waals surface area contributed by atoms with Crippen LogP contribution >= 0.6 is 0 Å². The first kappa shape index (κ1) is 21.9. The molecule has 1 saturated heterocycles. The minimum absolute atomic E-state index is 0.0100. The Balaban J connectivity index is 1.25. The number of hydrogen-bond acceptors (Lipinski definition) is 6. The van der Waals surface area contributed by atoms with Gasteiger partial charge in [0.1, 0.15) is 18.0 Å². The summed E-state index contributed by atoms with van der Waals surface area (Å²) in [6, 6.07) is 9.24. The zero-order chi connectivity index (χ0) is 22.8. The molecule has 1 aromatic carbocycles. The molecule has 2 aromatic rings. The lowest BCUT2D eigenvalue weighted by Gasteiger charge is -2.37. The van der Waals surface area contributed by atoms with E-state index in [2.05, 4.69) is 15.6 Å². The van der Waals surface area contributed by atoms with Crippen LogP contribution in [0.3, 0.4) is 0 Å². The quantitative estimate of drug-likeness (QED) is 0.568. The summed E-state index contributed by atoms with van der Waals surface area (Å²) in [6.45, 7) is 0.556. The minimum atomic E-state index is -0.498. The van der Waals surface area contributed by atoms with Crippen molar-refractivity contribution in [2.75, 3.05) is 18.5 Å². The highest BCUT2D eigenvalue weighted by Crippen LogP contribution is 2.47. The number of carbonyl (C=O) groups is 2. The summed E-state index contributed by atoms with van der Waals surface area (Å²) in [4.78, 5) is 28.8. The maximum absolute atomic E-state index is 12.5. The number of nitrogens with one attached hydrogen (secondary N) is 2. The first-order valence-electron chi connectivity index (χ1n) is 11.6. The van der Waals surface area contributed by atoms with Crippen LogP contribution in [0.5, 0.6) is 5.75 Å². The van der Waals surface area contributed by atoms with Gasteiger partial charge in [-0.3, -0.25) is 14.6 Å². The maximum Gasteiger partial charge on any atom is 0.228 e. The molecule has 1 saturated carbocycles. The molecule has 1 aromatic heterocycles. The number of hydrogen-bond donors (Lipinski definition) is 3. The van der Waals surface area contributed by atoms with E-state index in [1.807, 2.05) is 30.3 Å². The van der Waals surface area contributed by atoms with E-state index in [9.17, 15) is 14.7 Å². The second kappa shape index (κ2) is 9.49. The number of nitrogens with zero attached hydrogens (tertiary/aromatic N) is 1. The van der Waals surface area contributed by atoms with E-state index in [4.69, 9.17) is 9.47 Å². The van der Waals surface area contributed by atoms with Crippen molar-refractivity contribution >= 4 is 17.5 Å². The molecule has 2 fully saturated rings. The van der Waals surface area contributed by atoms with Crippen LogP contribution in [0.25, 0.3) is 0 Å².